The summed E-state index contributed by atoms with van der Waals surface area (Å²) in [6.07, 6.45) is 0.182. The maximum atomic E-state index is 12.0. The first-order chi connectivity index (χ1) is 9.88. The summed E-state index contributed by atoms with van der Waals surface area (Å²) in [7, 11) is -2.29. The molecule has 118 valence electrons. The van der Waals surface area contributed by atoms with Gasteiger partial charge in [0.15, 0.2) is 0 Å². The molecule has 0 saturated heterocycles. The van der Waals surface area contributed by atoms with Crippen LogP contribution in [0, 0.1) is 0 Å². The second-order valence-corrected chi connectivity index (χ2v) is 6.54. The Bertz CT molecular complexity index is 540. The largest absolute Gasteiger partial charge is 0.480 e. The van der Waals surface area contributed by atoms with Crippen molar-refractivity contribution in [3.05, 3.63) is 35.9 Å². The van der Waals surface area contributed by atoms with Gasteiger partial charge in [-0.1, -0.05) is 37.3 Å². The van der Waals surface area contributed by atoms with Crippen LogP contribution in [0.2, 0.25) is 0 Å². The van der Waals surface area contributed by atoms with E-state index in [-0.39, 0.29) is 12.2 Å². The monoisotopic (exact) mass is 315 g/mol. The lowest BCUT2D eigenvalue weighted by Crippen LogP contribution is -2.45. The standard InChI is InChI=1S/C14H21NO5S/c1-3-12(20-2)10-21(18,19)15-13(14(16)17)9-11-7-5-4-6-8-11/h4-8,12-13,15H,3,9-10H2,1-2H3,(H,16,17)/t12?,13-/m0/s1. The van der Waals surface area contributed by atoms with Crippen LogP contribution in [0.25, 0.3) is 0 Å². The second-order valence-electron chi connectivity index (χ2n) is 4.75. The number of ether oxygens (including phenoxy) is 1. The highest BCUT2D eigenvalue weighted by atomic mass is 32.2. The summed E-state index contributed by atoms with van der Waals surface area (Å²) in [5.41, 5.74) is 0.756. The van der Waals surface area contributed by atoms with Gasteiger partial charge >= 0.3 is 5.97 Å². The quantitative estimate of drug-likeness (QED) is 0.710. The lowest BCUT2D eigenvalue weighted by Gasteiger charge is -2.18. The number of hydrogen-bond donors (Lipinski definition) is 2. The summed E-state index contributed by atoms with van der Waals surface area (Å²) in [4.78, 5) is 11.2. The van der Waals surface area contributed by atoms with E-state index in [1.54, 1.807) is 24.3 Å². The fourth-order valence-corrected chi connectivity index (χ4v) is 3.47. The molecule has 0 bridgehead atoms. The Morgan fingerprint density at radius 2 is 1.95 bits per heavy atom. The minimum atomic E-state index is -3.73. The first kappa shape index (κ1) is 17.6. The van der Waals surface area contributed by atoms with Crippen molar-refractivity contribution >= 4 is 16.0 Å². The van der Waals surface area contributed by atoms with Crippen LogP contribution in [0.4, 0.5) is 0 Å². The Hall–Kier alpha value is -1.44. The number of sulfonamides is 1. The zero-order valence-electron chi connectivity index (χ0n) is 12.2. The van der Waals surface area contributed by atoms with Crippen molar-refractivity contribution < 1.29 is 23.1 Å². The maximum absolute atomic E-state index is 12.0. The molecule has 1 aromatic rings. The molecule has 2 atom stereocenters. The van der Waals surface area contributed by atoms with Crippen molar-refractivity contribution in [3.63, 3.8) is 0 Å². The Balaban J connectivity index is 2.76. The number of carboxylic acid groups (broad SMARTS) is 1. The summed E-state index contributed by atoms with van der Waals surface area (Å²) in [5, 5.41) is 9.19. The summed E-state index contributed by atoms with van der Waals surface area (Å²) in [6, 6.07) is 7.70. The van der Waals surface area contributed by atoms with Crippen molar-refractivity contribution in [2.45, 2.75) is 31.9 Å². The van der Waals surface area contributed by atoms with Crippen molar-refractivity contribution in [3.8, 4) is 0 Å². The van der Waals surface area contributed by atoms with Gasteiger partial charge in [-0.3, -0.25) is 4.79 Å². The number of rotatable bonds is 9. The molecule has 0 heterocycles. The van der Waals surface area contributed by atoms with E-state index in [2.05, 4.69) is 4.72 Å². The van der Waals surface area contributed by atoms with E-state index in [0.717, 1.165) is 5.56 Å². The number of carboxylic acids is 1. The highest BCUT2D eigenvalue weighted by Crippen LogP contribution is 2.06. The summed E-state index contributed by atoms with van der Waals surface area (Å²) in [6.45, 7) is 1.81. The van der Waals surface area contributed by atoms with Gasteiger partial charge in [-0.2, -0.15) is 0 Å². The van der Waals surface area contributed by atoms with E-state index in [4.69, 9.17) is 4.74 Å². The van der Waals surface area contributed by atoms with Crippen LogP contribution in [0.3, 0.4) is 0 Å². The van der Waals surface area contributed by atoms with Crippen LogP contribution in [0.15, 0.2) is 30.3 Å². The molecule has 7 heteroatoms. The Morgan fingerprint density at radius 3 is 2.43 bits per heavy atom. The molecule has 0 aliphatic heterocycles. The Kier molecular flexibility index (Phi) is 6.80. The first-order valence-electron chi connectivity index (χ1n) is 6.67. The minimum absolute atomic E-state index is 0.0964. The molecular formula is C14H21NO5S. The van der Waals surface area contributed by atoms with E-state index in [1.807, 2.05) is 13.0 Å². The van der Waals surface area contributed by atoms with Gasteiger partial charge in [-0.15, -0.1) is 0 Å². The lowest BCUT2D eigenvalue weighted by molar-refractivity contribution is -0.138. The molecular weight excluding hydrogens is 294 g/mol. The number of methoxy groups -OCH3 is 1. The van der Waals surface area contributed by atoms with Gasteiger partial charge < -0.3 is 9.84 Å². The average Bonchev–Trinajstić information content (AvgIpc) is 2.45. The van der Waals surface area contributed by atoms with Crippen molar-refractivity contribution in [2.24, 2.45) is 0 Å². The molecule has 6 nitrogen and oxygen atoms in total. The van der Waals surface area contributed by atoms with Gasteiger partial charge in [0.1, 0.15) is 6.04 Å². The van der Waals surface area contributed by atoms with Crippen LogP contribution >= 0.6 is 0 Å². The molecule has 0 aliphatic rings. The molecule has 1 rings (SSSR count). The van der Waals surface area contributed by atoms with Gasteiger partial charge in [0.2, 0.25) is 10.0 Å². The third-order valence-electron chi connectivity index (χ3n) is 3.10. The fraction of sp³-hybridized carbons (Fsp3) is 0.500. The smallest absolute Gasteiger partial charge is 0.322 e. The van der Waals surface area contributed by atoms with Crippen LogP contribution in [-0.4, -0.2) is 44.5 Å². The summed E-state index contributed by atoms with van der Waals surface area (Å²) >= 11 is 0. The van der Waals surface area contributed by atoms with Crippen molar-refractivity contribution in [1.82, 2.24) is 4.72 Å². The molecule has 1 aromatic carbocycles. The highest BCUT2D eigenvalue weighted by molar-refractivity contribution is 7.89. The van der Waals surface area contributed by atoms with E-state index < -0.39 is 28.1 Å². The van der Waals surface area contributed by atoms with E-state index in [1.165, 1.54) is 7.11 Å². The SMILES string of the molecule is CCC(CS(=O)(=O)N[C@@H](Cc1ccccc1)C(=O)O)OC. The summed E-state index contributed by atoms with van der Waals surface area (Å²) in [5.74, 6) is -1.45. The molecule has 0 aliphatic carbocycles. The van der Waals surface area contributed by atoms with E-state index in [0.29, 0.717) is 6.42 Å². The normalized spacial score (nSPS) is 14.6. The molecule has 21 heavy (non-hydrogen) atoms. The molecule has 2 N–H and O–H groups in total. The zero-order chi connectivity index (χ0) is 15.9. The van der Waals surface area contributed by atoms with Gasteiger partial charge in [0.05, 0.1) is 11.9 Å². The van der Waals surface area contributed by atoms with Crippen LogP contribution in [0.1, 0.15) is 18.9 Å². The molecule has 0 saturated carbocycles. The number of nitrogens with one attached hydrogen (secondary N) is 1. The molecule has 0 aromatic heterocycles. The van der Waals surface area contributed by atoms with Gasteiger partial charge in [-0.05, 0) is 18.4 Å². The predicted octanol–water partition coefficient (Wildman–Crippen LogP) is 1.03. The van der Waals surface area contributed by atoms with Crippen LogP contribution < -0.4 is 4.72 Å². The predicted molar refractivity (Wildman–Crippen MR) is 79.6 cm³/mol. The number of aliphatic carboxylic acids is 1. The van der Waals surface area contributed by atoms with E-state index in [9.17, 15) is 18.3 Å². The number of hydrogen-bond acceptors (Lipinski definition) is 4. The first-order valence-corrected chi connectivity index (χ1v) is 8.32. The van der Waals surface area contributed by atoms with E-state index >= 15 is 0 Å². The van der Waals surface area contributed by atoms with Gasteiger partial charge in [0, 0.05) is 7.11 Å². The number of benzene rings is 1. The Morgan fingerprint density at radius 1 is 1.33 bits per heavy atom. The Labute approximate surface area is 125 Å². The molecule has 0 radical (unpaired) electrons. The second kappa shape index (κ2) is 8.11. The fourth-order valence-electron chi connectivity index (χ4n) is 1.89. The van der Waals surface area contributed by atoms with Gasteiger partial charge in [0.25, 0.3) is 0 Å². The third-order valence-corrected chi connectivity index (χ3v) is 4.55. The molecule has 0 amide bonds. The highest BCUT2D eigenvalue weighted by Gasteiger charge is 2.26. The van der Waals surface area contributed by atoms with Crippen molar-refractivity contribution in [2.75, 3.05) is 12.9 Å². The van der Waals surface area contributed by atoms with Crippen LogP contribution in [0.5, 0.6) is 0 Å². The topological polar surface area (TPSA) is 92.7 Å². The minimum Gasteiger partial charge on any atom is -0.480 e. The number of carbonyl (C=O) groups is 1. The third kappa shape index (κ3) is 6.24. The molecule has 0 fully saturated rings. The lowest BCUT2D eigenvalue weighted by atomic mass is 10.1. The molecule has 1 unspecified atom stereocenters. The van der Waals surface area contributed by atoms with Gasteiger partial charge in [-0.25, -0.2) is 13.1 Å². The zero-order valence-corrected chi connectivity index (χ0v) is 13.0. The summed E-state index contributed by atoms with van der Waals surface area (Å²) < 4.78 is 31.3. The average molecular weight is 315 g/mol. The van der Waals surface area contributed by atoms with Crippen LogP contribution in [-0.2, 0) is 26.0 Å². The molecule has 0 spiro atoms. The maximum Gasteiger partial charge on any atom is 0.322 e. The van der Waals surface area contributed by atoms with Crippen molar-refractivity contribution in [1.29, 1.82) is 0 Å².